The first-order chi connectivity index (χ1) is 18.5. The summed E-state index contributed by atoms with van der Waals surface area (Å²) in [5.41, 5.74) is 9.09. The van der Waals surface area contributed by atoms with Crippen molar-refractivity contribution >= 4 is 34.6 Å². The average molecular weight is 622 g/mol. The van der Waals surface area contributed by atoms with Gasteiger partial charge >= 0.3 is 11.9 Å². The van der Waals surface area contributed by atoms with E-state index in [1.54, 1.807) is 22.7 Å². The second-order valence-electron chi connectivity index (χ2n) is 9.13. The van der Waals surface area contributed by atoms with Crippen molar-refractivity contribution < 1.29 is 53.0 Å². The van der Waals surface area contributed by atoms with E-state index in [1.807, 2.05) is 36.4 Å². The Hall–Kier alpha value is -2.78. The number of thiazole rings is 2. The summed E-state index contributed by atoms with van der Waals surface area (Å²) in [4.78, 5) is 26.7. The Morgan fingerprint density at radius 2 is 1.02 bits per heavy atom. The number of aromatic nitrogens is 2. The minimum atomic E-state index is -0.371. The molecule has 0 aliphatic carbocycles. The molecule has 0 aliphatic rings. The van der Waals surface area contributed by atoms with E-state index in [4.69, 9.17) is 9.47 Å². The highest BCUT2D eigenvalue weighted by Gasteiger charge is 2.18. The van der Waals surface area contributed by atoms with Crippen LogP contribution in [-0.4, -0.2) is 25.2 Å². The Balaban J connectivity index is 0.00000280. The maximum atomic E-state index is 12.1. The van der Waals surface area contributed by atoms with Gasteiger partial charge < -0.3 is 34.3 Å². The zero-order chi connectivity index (χ0) is 26.7. The molecule has 0 saturated carbocycles. The average Bonchev–Trinajstić information content (AvgIpc) is 3.45. The van der Waals surface area contributed by atoms with Gasteiger partial charge in [-0.3, -0.25) is 9.59 Å². The SMILES string of the molecule is Cc1c(CCOC(=O)CCC(=O)OCCc2sc[n+](Cc3ccccc3)c2C)sc[n+]1Cc1ccccc1.[Cl-].[Cl-]. The van der Waals surface area contributed by atoms with Crippen molar-refractivity contribution in [1.29, 1.82) is 0 Å². The Morgan fingerprint density at radius 3 is 1.40 bits per heavy atom. The lowest BCUT2D eigenvalue weighted by Crippen LogP contribution is -3.00. The number of hydrogen-bond donors (Lipinski definition) is 0. The van der Waals surface area contributed by atoms with Crippen molar-refractivity contribution in [2.24, 2.45) is 0 Å². The van der Waals surface area contributed by atoms with Crippen LogP contribution in [0.3, 0.4) is 0 Å². The van der Waals surface area contributed by atoms with Crippen molar-refractivity contribution in [3.8, 4) is 0 Å². The molecule has 2 heterocycles. The van der Waals surface area contributed by atoms with Gasteiger partial charge in [0.2, 0.25) is 11.0 Å². The molecule has 40 heavy (non-hydrogen) atoms. The molecule has 0 unspecified atom stereocenters. The third-order valence-corrected chi connectivity index (χ3v) is 8.71. The van der Waals surface area contributed by atoms with Gasteiger partial charge in [0.1, 0.15) is 0 Å². The van der Waals surface area contributed by atoms with Crippen LogP contribution in [-0.2, 0) is 45.0 Å². The van der Waals surface area contributed by atoms with Gasteiger partial charge in [-0.25, -0.2) is 0 Å². The van der Waals surface area contributed by atoms with E-state index in [0.717, 1.165) is 13.1 Å². The molecule has 0 amide bonds. The molecular formula is C30H34Cl2N2O4S2. The first-order valence-electron chi connectivity index (χ1n) is 12.8. The monoisotopic (exact) mass is 620 g/mol. The lowest BCUT2D eigenvalue weighted by Gasteiger charge is -2.05. The summed E-state index contributed by atoms with van der Waals surface area (Å²) >= 11 is 3.34. The Labute approximate surface area is 256 Å². The summed E-state index contributed by atoms with van der Waals surface area (Å²) in [6.07, 6.45) is 1.40. The number of carbonyl (C=O) groups is 2. The van der Waals surface area contributed by atoms with Crippen LogP contribution in [0.25, 0.3) is 0 Å². The molecule has 0 N–H and O–H groups in total. The van der Waals surface area contributed by atoms with E-state index in [2.05, 4.69) is 58.3 Å². The van der Waals surface area contributed by atoms with E-state index < -0.39 is 0 Å². The highest BCUT2D eigenvalue weighted by Crippen LogP contribution is 2.14. The maximum Gasteiger partial charge on any atom is 0.306 e. The highest BCUT2D eigenvalue weighted by atomic mass is 35.5. The Morgan fingerprint density at radius 1 is 0.650 bits per heavy atom. The standard InChI is InChI=1S/C30H34N2O4S2.2ClH/c1-23-27(37-21-31(23)19-25-9-5-3-6-10-25)15-17-35-29(33)13-14-30(34)36-18-16-28-24(2)32(22-38-28)20-26-11-7-4-8-12-26;;/h3-12,21-22H,13-20H2,1-2H3;2*1H/q+2;;/p-2. The molecule has 4 rings (SSSR count). The number of esters is 2. The minimum absolute atomic E-state index is 0. The molecule has 0 aliphatic heterocycles. The summed E-state index contributed by atoms with van der Waals surface area (Å²) in [7, 11) is 0. The summed E-state index contributed by atoms with van der Waals surface area (Å²) in [6, 6.07) is 20.7. The van der Waals surface area contributed by atoms with Crippen molar-refractivity contribution in [2.45, 2.75) is 52.6 Å². The molecule has 10 heteroatoms. The molecule has 0 fully saturated rings. The van der Waals surface area contributed by atoms with Crippen molar-refractivity contribution in [3.63, 3.8) is 0 Å². The third-order valence-electron chi connectivity index (χ3n) is 6.42. The van der Waals surface area contributed by atoms with Gasteiger partial charge in [-0.1, -0.05) is 83.3 Å². The number of nitrogens with zero attached hydrogens (tertiary/aromatic N) is 2. The smallest absolute Gasteiger partial charge is 0.306 e. The molecule has 0 spiro atoms. The van der Waals surface area contributed by atoms with Gasteiger partial charge in [-0.2, -0.15) is 9.13 Å². The van der Waals surface area contributed by atoms with E-state index >= 15 is 0 Å². The zero-order valence-corrected chi connectivity index (χ0v) is 25.8. The fraction of sp³-hybridized carbons (Fsp3) is 0.333. The molecule has 0 radical (unpaired) electrons. The van der Waals surface area contributed by atoms with Crippen LogP contribution in [0, 0.1) is 13.8 Å². The molecule has 0 atom stereocenters. The first kappa shape index (κ1) is 33.4. The van der Waals surface area contributed by atoms with Crippen molar-refractivity contribution in [2.75, 3.05) is 13.2 Å². The van der Waals surface area contributed by atoms with Crippen LogP contribution in [0.2, 0.25) is 0 Å². The molecule has 2 aromatic heterocycles. The second-order valence-corrected chi connectivity index (χ2v) is 11.0. The number of rotatable bonds is 13. The normalized spacial score (nSPS) is 10.3. The number of hydrogen-bond acceptors (Lipinski definition) is 6. The van der Waals surface area contributed by atoms with E-state index in [0.29, 0.717) is 26.1 Å². The zero-order valence-electron chi connectivity index (χ0n) is 22.7. The predicted molar refractivity (Wildman–Crippen MR) is 148 cm³/mol. The van der Waals surface area contributed by atoms with Crippen molar-refractivity contribution in [3.05, 3.63) is 104 Å². The maximum absolute atomic E-state index is 12.1. The highest BCUT2D eigenvalue weighted by molar-refractivity contribution is 7.09. The van der Waals surface area contributed by atoms with Crippen LogP contribution < -0.4 is 33.9 Å². The number of halogens is 2. The van der Waals surface area contributed by atoms with Crippen LogP contribution >= 0.6 is 22.7 Å². The second kappa shape index (κ2) is 17.1. The van der Waals surface area contributed by atoms with Crippen LogP contribution in [0.1, 0.15) is 45.1 Å². The molecule has 2 aromatic carbocycles. The summed E-state index contributed by atoms with van der Waals surface area (Å²) in [6.45, 7) is 6.44. The van der Waals surface area contributed by atoms with Gasteiger partial charge in [0.15, 0.2) is 24.5 Å². The lowest BCUT2D eigenvalue weighted by molar-refractivity contribution is -0.689. The summed E-state index contributed by atoms with van der Waals surface area (Å²) < 4.78 is 15.2. The van der Waals surface area contributed by atoms with Crippen LogP contribution in [0.5, 0.6) is 0 Å². The third kappa shape index (κ3) is 10.0. The molecular weight excluding hydrogens is 587 g/mol. The number of carbonyl (C=O) groups excluding carboxylic acids is 2. The topological polar surface area (TPSA) is 60.4 Å². The lowest BCUT2D eigenvalue weighted by atomic mass is 10.2. The van der Waals surface area contributed by atoms with Gasteiger partial charge in [0.05, 0.1) is 35.8 Å². The van der Waals surface area contributed by atoms with Gasteiger partial charge in [-0.05, 0) is 0 Å². The van der Waals surface area contributed by atoms with E-state index in [-0.39, 0.29) is 49.6 Å². The Kier molecular flexibility index (Phi) is 14.3. The quantitative estimate of drug-likeness (QED) is 0.139. The molecule has 6 nitrogen and oxygen atoms in total. The van der Waals surface area contributed by atoms with Gasteiger partial charge in [0, 0.05) is 37.8 Å². The minimum Gasteiger partial charge on any atom is -1.00 e. The van der Waals surface area contributed by atoms with E-state index in [9.17, 15) is 9.59 Å². The molecule has 0 saturated heterocycles. The van der Waals surface area contributed by atoms with Crippen LogP contribution in [0.4, 0.5) is 0 Å². The first-order valence-corrected chi connectivity index (χ1v) is 14.6. The fourth-order valence-corrected chi connectivity index (χ4v) is 6.07. The predicted octanol–water partition coefficient (Wildman–Crippen LogP) is -1.24. The van der Waals surface area contributed by atoms with E-state index in [1.165, 1.54) is 32.3 Å². The molecule has 0 bridgehead atoms. The Bertz CT molecular complexity index is 1240. The molecule has 214 valence electrons. The summed E-state index contributed by atoms with van der Waals surface area (Å²) in [5, 5.41) is 0. The van der Waals surface area contributed by atoms with Crippen LogP contribution in [0.15, 0.2) is 71.7 Å². The molecule has 4 aromatic rings. The number of ether oxygens (including phenoxy) is 2. The largest absolute Gasteiger partial charge is 1.00 e. The summed E-state index contributed by atoms with van der Waals surface area (Å²) in [5.74, 6) is -0.742. The van der Waals surface area contributed by atoms with Gasteiger partial charge in [-0.15, -0.1) is 0 Å². The number of benzene rings is 2. The van der Waals surface area contributed by atoms with Gasteiger partial charge in [0.25, 0.3) is 0 Å². The fourth-order valence-electron chi connectivity index (χ4n) is 4.12. The van der Waals surface area contributed by atoms with Crippen molar-refractivity contribution in [1.82, 2.24) is 0 Å².